The van der Waals surface area contributed by atoms with Crippen molar-refractivity contribution in [2.45, 2.75) is 6.92 Å². The number of hydrogen-bond donors (Lipinski definition) is 0. The fraction of sp³-hybridized carbons (Fsp3) is 0.0714. The van der Waals surface area contributed by atoms with Gasteiger partial charge in [-0.05, 0) is 43.3 Å². The lowest BCUT2D eigenvalue weighted by molar-refractivity contribution is 0.582. The van der Waals surface area contributed by atoms with Crippen molar-refractivity contribution in [2.24, 2.45) is 0 Å². The van der Waals surface area contributed by atoms with Crippen LogP contribution in [0.2, 0.25) is 5.02 Å². The molecule has 3 nitrogen and oxygen atoms in total. The molecule has 0 unspecified atom stereocenters. The Morgan fingerprint density at radius 3 is 2.72 bits per heavy atom. The van der Waals surface area contributed by atoms with E-state index in [9.17, 15) is 0 Å². The van der Waals surface area contributed by atoms with E-state index < -0.39 is 0 Å². The summed E-state index contributed by atoms with van der Waals surface area (Å²) in [4.78, 5) is 0. The van der Waals surface area contributed by atoms with E-state index >= 15 is 0 Å². The van der Waals surface area contributed by atoms with E-state index in [2.05, 4.69) is 5.10 Å². The Balaban J connectivity index is 2.04. The molecule has 4 heteroatoms. The predicted octanol–water partition coefficient (Wildman–Crippen LogP) is 4.09. The molecule has 0 atom stereocenters. The van der Waals surface area contributed by atoms with Crippen LogP contribution in [-0.2, 0) is 0 Å². The highest BCUT2D eigenvalue weighted by Crippen LogP contribution is 2.27. The van der Waals surface area contributed by atoms with Crippen molar-refractivity contribution in [1.29, 1.82) is 0 Å². The minimum atomic E-state index is 0.645. The topological polar surface area (TPSA) is 31.0 Å². The standard InChI is InChI=1S/C14H11ClN2O/c1-10-6-7-17(16-10)13-5-4-11(9-12(13)15)14-3-2-8-18-14/h2-9H,1H3. The van der Waals surface area contributed by atoms with E-state index in [1.165, 1.54) is 0 Å². The maximum absolute atomic E-state index is 6.29. The largest absolute Gasteiger partial charge is 0.464 e. The number of aromatic nitrogens is 2. The summed E-state index contributed by atoms with van der Waals surface area (Å²) in [7, 11) is 0. The third-order valence-electron chi connectivity index (χ3n) is 2.72. The molecule has 0 aliphatic rings. The summed E-state index contributed by atoms with van der Waals surface area (Å²) < 4.78 is 7.11. The minimum absolute atomic E-state index is 0.645. The van der Waals surface area contributed by atoms with E-state index in [0.29, 0.717) is 5.02 Å². The van der Waals surface area contributed by atoms with Crippen LogP contribution in [0.15, 0.2) is 53.3 Å². The first-order chi connectivity index (χ1) is 8.74. The van der Waals surface area contributed by atoms with Gasteiger partial charge in [0, 0.05) is 11.8 Å². The van der Waals surface area contributed by atoms with Gasteiger partial charge in [0.1, 0.15) is 5.76 Å². The first kappa shape index (κ1) is 11.1. The molecule has 90 valence electrons. The summed E-state index contributed by atoms with van der Waals surface area (Å²) in [5.74, 6) is 0.806. The molecular formula is C14H11ClN2O. The Bertz CT molecular complexity index is 671. The fourth-order valence-corrected chi connectivity index (χ4v) is 2.11. The maximum atomic E-state index is 6.29. The van der Waals surface area contributed by atoms with Gasteiger partial charge in [0.05, 0.1) is 22.7 Å². The van der Waals surface area contributed by atoms with E-state index in [4.69, 9.17) is 16.0 Å². The molecule has 0 aliphatic carbocycles. The van der Waals surface area contributed by atoms with Gasteiger partial charge in [-0.15, -0.1) is 0 Å². The van der Waals surface area contributed by atoms with Crippen molar-refractivity contribution in [1.82, 2.24) is 9.78 Å². The SMILES string of the molecule is Cc1ccn(-c2ccc(-c3ccco3)cc2Cl)n1. The van der Waals surface area contributed by atoms with Crippen LogP contribution in [0.1, 0.15) is 5.69 Å². The van der Waals surface area contributed by atoms with Crippen LogP contribution in [0.5, 0.6) is 0 Å². The average Bonchev–Trinajstić information content (AvgIpc) is 2.99. The van der Waals surface area contributed by atoms with Crippen molar-refractivity contribution in [3.63, 3.8) is 0 Å². The average molecular weight is 259 g/mol. The van der Waals surface area contributed by atoms with Crippen molar-refractivity contribution in [2.75, 3.05) is 0 Å². The molecule has 0 bridgehead atoms. The number of nitrogens with zero attached hydrogens (tertiary/aromatic N) is 2. The Kier molecular flexibility index (Phi) is 2.68. The van der Waals surface area contributed by atoms with Crippen molar-refractivity contribution in [3.8, 4) is 17.0 Å². The Hall–Kier alpha value is -2.00. The van der Waals surface area contributed by atoms with Crippen LogP contribution in [0, 0.1) is 6.92 Å². The second kappa shape index (κ2) is 4.35. The molecule has 0 amide bonds. The molecule has 0 saturated heterocycles. The number of hydrogen-bond acceptors (Lipinski definition) is 2. The third kappa shape index (κ3) is 1.93. The van der Waals surface area contributed by atoms with Crippen LogP contribution in [-0.4, -0.2) is 9.78 Å². The molecule has 0 N–H and O–H groups in total. The monoisotopic (exact) mass is 258 g/mol. The Labute approximate surface area is 110 Å². The number of furan rings is 1. The molecule has 18 heavy (non-hydrogen) atoms. The molecule has 3 aromatic rings. The van der Waals surface area contributed by atoms with Crippen LogP contribution in [0.25, 0.3) is 17.0 Å². The van der Waals surface area contributed by atoms with Gasteiger partial charge in [0.15, 0.2) is 0 Å². The first-order valence-electron chi connectivity index (χ1n) is 5.60. The molecule has 0 aliphatic heterocycles. The van der Waals surface area contributed by atoms with E-state index in [1.54, 1.807) is 10.9 Å². The summed E-state index contributed by atoms with van der Waals surface area (Å²) in [5, 5.41) is 4.99. The highest BCUT2D eigenvalue weighted by Gasteiger charge is 2.07. The Morgan fingerprint density at radius 2 is 2.11 bits per heavy atom. The summed E-state index contributed by atoms with van der Waals surface area (Å²) in [6, 6.07) is 11.5. The highest BCUT2D eigenvalue weighted by atomic mass is 35.5. The van der Waals surface area contributed by atoms with Gasteiger partial charge in [-0.25, -0.2) is 4.68 Å². The number of benzene rings is 1. The van der Waals surface area contributed by atoms with Gasteiger partial charge in [-0.1, -0.05) is 11.6 Å². The normalized spacial score (nSPS) is 10.8. The first-order valence-corrected chi connectivity index (χ1v) is 5.98. The molecular weight excluding hydrogens is 248 g/mol. The van der Waals surface area contributed by atoms with Gasteiger partial charge in [-0.3, -0.25) is 0 Å². The van der Waals surface area contributed by atoms with Crippen LogP contribution >= 0.6 is 11.6 Å². The summed E-state index contributed by atoms with van der Waals surface area (Å²) >= 11 is 6.29. The van der Waals surface area contributed by atoms with Gasteiger partial charge in [-0.2, -0.15) is 5.10 Å². The molecule has 0 saturated carbocycles. The number of halogens is 1. The van der Waals surface area contributed by atoms with Crippen molar-refractivity contribution >= 4 is 11.6 Å². The van der Waals surface area contributed by atoms with Crippen LogP contribution < -0.4 is 0 Å². The van der Waals surface area contributed by atoms with Crippen LogP contribution in [0.3, 0.4) is 0 Å². The van der Waals surface area contributed by atoms with Gasteiger partial charge >= 0.3 is 0 Å². The predicted molar refractivity (Wildman–Crippen MR) is 71.0 cm³/mol. The van der Waals surface area contributed by atoms with Crippen molar-refractivity contribution in [3.05, 3.63) is 59.6 Å². The minimum Gasteiger partial charge on any atom is -0.464 e. The molecule has 3 rings (SSSR count). The zero-order chi connectivity index (χ0) is 12.5. The van der Waals surface area contributed by atoms with Gasteiger partial charge in [0.2, 0.25) is 0 Å². The summed E-state index contributed by atoms with van der Waals surface area (Å²) in [6.45, 7) is 1.95. The molecule has 0 spiro atoms. The quantitative estimate of drug-likeness (QED) is 0.693. The lowest BCUT2D eigenvalue weighted by Crippen LogP contribution is -1.96. The molecule has 1 aromatic carbocycles. The second-order valence-corrected chi connectivity index (χ2v) is 4.45. The number of aryl methyl sites for hydroxylation is 1. The Morgan fingerprint density at radius 1 is 1.22 bits per heavy atom. The zero-order valence-electron chi connectivity index (χ0n) is 9.80. The zero-order valence-corrected chi connectivity index (χ0v) is 10.6. The van der Waals surface area contributed by atoms with E-state index in [0.717, 1.165) is 22.7 Å². The smallest absolute Gasteiger partial charge is 0.133 e. The molecule has 0 radical (unpaired) electrons. The summed E-state index contributed by atoms with van der Waals surface area (Å²) in [5.41, 5.74) is 2.78. The lowest BCUT2D eigenvalue weighted by atomic mass is 10.1. The second-order valence-electron chi connectivity index (χ2n) is 4.05. The molecule has 2 aromatic heterocycles. The number of rotatable bonds is 2. The highest BCUT2D eigenvalue weighted by molar-refractivity contribution is 6.32. The van der Waals surface area contributed by atoms with Crippen LogP contribution in [0.4, 0.5) is 0 Å². The fourth-order valence-electron chi connectivity index (χ4n) is 1.84. The van der Waals surface area contributed by atoms with E-state index in [1.807, 2.05) is 49.5 Å². The van der Waals surface area contributed by atoms with Gasteiger partial charge < -0.3 is 4.42 Å². The van der Waals surface area contributed by atoms with Crippen molar-refractivity contribution < 1.29 is 4.42 Å². The van der Waals surface area contributed by atoms with E-state index in [-0.39, 0.29) is 0 Å². The lowest BCUT2D eigenvalue weighted by Gasteiger charge is -2.06. The summed E-state index contributed by atoms with van der Waals surface area (Å²) in [6.07, 6.45) is 3.54. The maximum Gasteiger partial charge on any atom is 0.133 e. The molecule has 0 fully saturated rings. The third-order valence-corrected chi connectivity index (χ3v) is 3.03. The van der Waals surface area contributed by atoms with Gasteiger partial charge in [0.25, 0.3) is 0 Å². The molecule has 2 heterocycles.